The van der Waals surface area contributed by atoms with Gasteiger partial charge in [0.15, 0.2) is 0 Å². The highest BCUT2D eigenvalue weighted by Gasteiger charge is 2.25. The lowest BCUT2D eigenvalue weighted by molar-refractivity contribution is -0.138. The average molecular weight is 206 g/mol. The maximum Gasteiger partial charge on any atom is 0.320 e. The fourth-order valence-electron chi connectivity index (χ4n) is 1.97. The lowest BCUT2D eigenvalue weighted by Gasteiger charge is -2.12. The number of aliphatic carboxylic acids is 1. The third kappa shape index (κ3) is 1.94. The van der Waals surface area contributed by atoms with Crippen molar-refractivity contribution in [1.29, 1.82) is 0 Å². The number of carboxylic acids is 1. The second-order valence-electron chi connectivity index (χ2n) is 3.85. The Kier molecular flexibility index (Phi) is 2.60. The number of para-hydroxylation sites is 1. The van der Waals surface area contributed by atoms with Crippen LogP contribution in [0.5, 0.6) is 0 Å². The van der Waals surface area contributed by atoms with Crippen molar-refractivity contribution in [2.75, 3.05) is 11.9 Å². The van der Waals surface area contributed by atoms with E-state index < -0.39 is 12.0 Å². The van der Waals surface area contributed by atoms with Crippen molar-refractivity contribution in [3.63, 3.8) is 0 Å². The molecule has 0 spiro atoms. The highest BCUT2D eigenvalue weighted by atomic mass is 16.4. The Morgan fingerprint density at radius 1 is 1.60 bits per heavy atom. The van der Waals surface area contributed by atoms with Crippen molar-refractivity contribution in [1.82, 2.24) is 0 Å². The third-order valence-corrected chi connectivity index (χ3v) is 2.80. The van der Waals surface area contributed by atoms with Crippen molar-refractivity contribution in [2.45, 2.75) is 18.4 Å². The van der Waals surface area contributed by atoms with Gasteiger partial charge in [-0.2, -0.15) is 0 Å². The molecule has 0 bridgehead atoms. The van der Waals surface area contributed by atoms with Gasteiger partial charge in [0.25, 0.3) is 0 Å². The van der Waals surface area contributed by atoms with Crippen LogP contribution in [0.1, 0.15) is 17.9 Å². The van der Waals surface area contributed by atoms with Crippen LogP contribution < -0.4 is 11.1 Å². The Morgan fingerprint density at radius 3 is 3.07 bits per heavy atom. The zero-order chi connectivity index (χ0) is 10.8. The smallest absolute Gasteiger partial charge is 0.320 e. The second-order valence-corrected chi connectivity index (χ2v) is 3.85. The first-order valence-electron chi connectivity index (χ1n) is 4.99. The normalized spacial score (nSPS) is 20.5. The van der Waals surface area contributed by atoms with E-state index in [0.29, 0.717) is 6.42 Å². The molecule has 1 heterocycles. The number of fused-ring (bicyclic) bond motifs is 1. The van der Waals surface area contributed by atoms with Gasteiger partial charge >= 0.3 is 5.97 Å². The summed E-state index contributed by atoms with van der Waals surface area (Å²) in [6.45, 7) is 0.778. The molecule has 4 heteroatoms. The van der Waals surface area contributed by atoms with Crippen molar-refractivity contribution in [3.8, 4) is 0 Å². The Hall–Kier alpha value is -1.55. The molecule has 0 unspecified atom stereocenters. The highest BCUT2D eigenvalue weighted by molar-refractivity contribution is 5.73. The number of nitrogens with one attached hydrogen (secondary N) is 1. The molecule has 1 aliphatic heterocycles. The standard InChI is InChI=1S/C11H14N2O2/c12-9(11(14)15)5-7-6-13-10-4-2-1-3-8(7)10/h1-4,7,9,13H,5-6,12H2,(H,14,15)/t7-,9+/m1/s1. The summed E-state index contributed by atoms with van der Waals surface area (Å²) in [5, 5.41) is 12.0. The van der Waals surface area contributed by atoms with Crippen LogP contribution in [0.25, 0.3) is 0 Å². The Labute approximate surface area is 88.1 Å². The molecule has 1 aromatic carbocycles. The number of anilines is 1. The molecule has 0 saturated carbocycles. The molecule has 0 saturated heterocycles. The topological polar surface area (TPSA) is 75.3 Å². The third-order valence-electron chi connectivity index (χ3n) is 2.80. The predicted octanol–water partition coefficient (Wildman–Crippen LogP) is 0.998. The molecular formula is C11H14N2O2. The number of benzene rings is 1. The fourth-order valence-corrected chi connectivity index (χ4v) is 1.97. The van der Waals surface area contributed by atoms with E-state index in [0.717, 1.165) is 12.2 Å². The highest BCUT2D eigenvalue weighted by Crippen LogP contribution is 2.33. The largest absolute Gasteiger partial charge is 0.480 e. The Morgan fingerprint density at radius 2 is 2.33 bits per heavy atom. The van der Waals surface area contributed by atoms with Crippen LogP contribution in [0.2, 0.25) is 0 Å². The number of nitrogens with two attached hydrogens (primary N) is 1. The first kappa shape index (κ1) is 9.98. The van der Waals surface area contributed by atoms with E-state index >= 15 is 0 Å². The molecule has 0 fully saturated rings. The van der Waals surface area contributed by atoms with Crippen molar-refractivity contribution in [3.05, 3.63) is 29.8 Å². The number of hydrogen-bond acceptors (Lipinski definition) is 3. The van der Waals surface area contributed by atoms with Gasteiger partial charge in [-0.3, -0.25) is 4.79 Å². The van der Waals surface area contributed by atoms with E-state index in [1.165, 1.54) is 5.56 Å². The van der Waals surface area contributed by atoms with Gasteiger partial charge in [0, 0.05) is 18.2 Å². The van der Waals surface area contributed by atoms with Crippen LogP contribution in [0.4, 0.5) is 5.69 Å². The molecule has 15 heavy (non-hydrogen) atoms. The van der Waals surface area contributed by atoms with E-state index in [4.69, 9.17) is 10.8 Å². The van der Waals surface area contributed by atoms with Crippen molar-refractivity contribution >= 4 is 11.7 Å². The predicted molar refractivity (Wildman–Crippen MR) is 57.9 cm³/mol. The van der Waals surface area contributed by atoms with E-state index in [1.54, 1.807) is 0 Å². The number of carboxylic acid groups (broad SMARTS) is 1. The van der Waals surface area contributed by atoms with Gasteiger partial charge in [-0.25, -0.2) is 0 Å². The van der Waals surface area contributed by atoms with Gasteiger partial charge in [-0.05, 0) is 18.1 Å². The summed E-state index contributed by atoms with van der Waals surface area (Å²) >= 11 is 0. The van der Waals surface area contributed by atoms with Gasteiger partial charge in [-0.15, -0.1) is 0 Å². The van der Waals surface area contributed by atoms with Gasteiger partial charge in [0.05, 0.1) is 0 Å². The molecular weight excluding hydrogens is 192 g/mol. The van der Waals surface area contributed by atoms with Gasteiger partial charge in [0.2, 0.25) is 0 Å². The lowest BCUT2D eigenvalue weighted by Crippen LogP contribution is -2.32. The van der Waals surface area contributed by atoms with Gasteiger partial charge in [-0.1, -0.05) is 18.2 Å². The Bertz CT molecular complexity index is 379. The molecule has 4 nitrogen and oxygen atoms in total. The number of hydrogen-bond donors (Lipinski definition) is 3. The average Bonchev–Trinajstić information content (AvgIpc) is 2.62. The van der Waals surface area contributed by atoms with E-state index in [1.807, 2.05) is 24.3 Å². The summed E-state index contributed by atoms with van der Waals surface area (Å²) in [7, 11) is 0. The minimum Gasteiger partial charge on any atom is -0.480 e. The molecule has 0 amide bonds. The molecule has 2 atom stereocenters. The van der Waals surface area contributed by atoms with Crippen molar-refractivity contribution in [2.24, 2.45) is 5.73 Å². The minimum atomic E-state index is -0.931. The van der Waals surface area contributed by atoms with Gasteiger partial charge in [0.1, 0.15) is 6.04 Å². The summed E-state index contributed by atoms with van der Waals surface area (Å²) in [6, 6.07) is 7.18. The number of carbonyl (C=O) groups is 1. The zero-order valence-corrected chi connectivity index (χ0v) is 8.31. The molecule has 80 valence electrons. The molecule has 0 aliphatic carbocycles. The first-order valence-corrected chi connectivity index (χ1v) is 4.99. The second kappa shape index (κ2) is 3.90. The van der Waals surface area contributed by atoms with E-state index in [9.17, 15) is 4.79 Å². The number of rotatable bonds is 3. The van der Waals surface area contributed by atoms with Gasteiger partial charge < -0.3 is 16.2 Å². The van der Waals surface area contributed by atoms with E-state index in [-0.39, 0.29) is 5.92 Å². The van der Waals surface area contributed by atoms with Crippen LogP contribution in [-0.2, 0) is 4.79 Å². The summed E-state index contributed by atoms with van der Waals surface area (Å²) < 4.78 is 0. The molecule has 0 radical (unpaired) electrons. The van der Waals surface area contributed by atoms with Crippen LogP contribution in [0, 0.1) is 0 Å². The van der Waals surface area contributed by atoms with E-state index in [2.05, 4.69) is 5.32 Å². The van der Waals surface area contributed by atoms with Crippen LogP contribution in [-0.4, -0.2) is 23.7 Å². The van der Waals surface area contributed by atoms with Crippen LogP contribution in [0.15, 0.2) is 24.3 Å². The maximum atomic E-state index is 10.7. The quantitative estimate of drug-likeness (QED) is 0.689. The molecule has 2 rings (SSSR count). The lowest BCUT2D eigenvalue weighted by atomic mass is 9.94. The minimum absolute atomic E-state index is 0.215. The summed E-state index contributed by atoms with van der Waals surface area (Å²) in [5.74, 6) is -0.716. The molecule has 4 N–H and O–H groups in total. The zero-order valence-electron chi connectivity index (χ0n) is 8.31. The van der Waals surface area contributed by atoms with Crippen LogP contribution >= 0.6 is 0 Å². The Balaban J connectivity index is 2.11. The summed E-state index contributed by atoms with van der Waals surface area (Å²) in [4.78, 5) is 10.7. The van der Waals surface area contributed by atoms with Crippen LogP contribution in [0.3, 0.4) is 0 Å². The first-order chi connectivity index (χ1) is 7.18. The summed E-state index contributed by atoms with van der Waals surface area (Å²) in [6.07, 6.45) is 0.485. The summed E-state index contributed by atoms with van der Waals surface area (Å²) in [5.41, 5.74) is 7.80. The molecule has 1 aromatic rings. The van der Waals surface area contributed by atoms with Crippen molar-refractivity contribution < 1.29 is 9.90 Å². The molecule has 0 aromatic heterocycles. The maximum absolute atomic E-state index is 10.7. The fraction of sp³-hybridized carbons (Fsp3) is 0.364. The monoisotopic (exact) mass is 206 g/mol. The SMILES string of the molecule is N[C@@H](C[C@@H]1CNc2ccccc21)C(=O)O. The molecule has 1 aliphatic rings.